The van der Waals surface area contributed by atoms with E-state index in [1.807, 2.05) is 6.92 Å². The number of hydrogen-bond donors (Lipinski definition) is 2. The Morgan fingerprint density at radius 2 is 2.39 bits per heavy atom. The van der Waals surface area contributed by atoms with Gasteiger partial charge in [-0.15, -0.1) is 0 Å². The first kappa shape index (κ1) is 12.8. The van der Waals surface area contributed by atoms with Gasteiger partial charge in [-0.05, 0) is 31.5 Å². The van der Waals surface area contributed by atoms with Crippen molar-refractivity contribution in [3.05, 3.63) is 29.6 Å². The van der Waals surface area contributed by atoms with Crippen LogP contribution in [0, 0.1) is 11.7 Å². The summed E-state index contributed by atoms with van der Waals surface area (Å²) in [6.07, 6.45) is 1.12. The van der Waals surface area contributed by atoms with Crippen LogP contribution in [-0.2, 0) is 4.74 Å². The molecular weight excluding hydrogens is 235 g/mol. The molecule has 0 radical (unpaired) electrons. The summed E-state index contributed by atoms with van der Waals surface area (Å²) in [6.45, 7) is 3.31. The Kier molecular flexibility index (Phi) is 3.81. The molecular formula is C13H17FN2O2. The van der Waals surface area contributed by atoms with Crippen molar-refractivity contribution in [2.75, 3.05) is 18.9 Å². The lowest BCUT2D eigenvalue weighted by Crippen LogP contribution is -2.32. The lowest BCUT2D eigenvalue weighted by molar-refractivity contribution is 0.0907. The summed E-state index contributed by atoms with van der Waals surface area (Å²) in [4.78, 5) is 11.8. The average Bonchev–Trinajstić information content (AvgIpc) is 2.75. The number of hydrogen-bond acceptors (Lipinski definition) is 3. The first-order valence-electron chi connectivity index (χ1n) is 6.02. The third kappa shape index (κ3) is 2.79. The van der Waals surface area contributed by atoms with Gasteiger partial charge in [-0.3, -0.25) is 4.79 Å². The van der Waals surface area contributed by atoms with Crippen LogP contribution in [0.4, 0.5) is 10.1 Å². The van der Waals surface area contributed by atoms with E-state index in [1.54, 1.807) is 0 Å². The fourth-order valence-corrected chi connectivity index (χ4v) is 2.05. The molecule has 1 aromatic rings. The van der Waals surface area contributed by atoms with Crippen molar-refractivity contribution < 1.29 is 13.9 Å². The molecule has 1 fully saturated rings. The third-order valence-corrected chi connectivity index (χ3v) is 3.32. The summed E-state index contributed by atoms with van der Waals surface area (Å²) in [5, 5.41) is 2.82. The molecule has 5 heteroatoms. The highest BCUT2D eigenvalue weighted by atomic mass is 19.1. The highest BCUT2D eigenvalue weighted by Crippen LogP contribution is 2.19. The Bertz CT molecular complexity index is 451. The zero-order chi connectivity index (χ0) is 13.1. The van der Waals surface area contributed by atoms with E-state index in [2.05, 4.69) is 5.32 Å². The molecule has 98 valence electrons. The predicted molar refractivity (Wildman–Crippen MR) is 66.7 cm³/mol. The standard InChI is InChI=1S/C13H17FN2O2/c1-8-10(4-5-18-8)7-16-13(17)9-2-3-11(14)12(15)6-9/h2-3,6,8,10H,4-5,7,15H2,1H3,(H,16,17). The number of ether oxygens (including phenoxy) is 1. The molecule has 4 nitrogen and oxygen atoms in total. The van der Waals surface area contributed by atoms with Gasteiger partial charge in [0, 0.05) is 24.6 Å². The summed E-state index contributed by atoms with van der Waals surface area (Å²) in [6, 6.07) is 3.97. The smallest absolute Gasteiger partial charge is 0.251 e. The van der Waals surface area contributed by atoms with E-state index in [4.69, 9.17) is 10.5 Å². The molecule has 3 N–H and O–H groups in total. The van der Waals surface area contributed by atoms with Gasteiger partial charge < -0.3 is 15.8 Å². The number of carbonyl (C=O) groups is 1. The number of rotatable bonds is 3. The van der Waals surface area contributed by atoms with Crippen molar-refractivity contribution in [3.8, 4) is 0 Å². The molecule has 2 atom stereocenters. The second-order valence-electron chi connectivity index (χ2n) is 4.57. The number of carbonyl (C=O) groups excluding carboxylic acids is 1. The van der Waals surface area contributed by atoms with Crippen LogP contribution in [0.25, 0.3) is 0 Å². The highest BCUT2D eigenvalue weighted by molar-refractivity contribution is 5.95. The van der Waals surface area contributed by atoms with E-state index in [0.29, 0.717) is 18.0 Å². The van der Waals surface area contributed by atoms with Gasteiger partial charge in [-0.25, -0.2) is 4.39 Å². The first-order chi connectivity index (χ1) is 8.58. The second kappa shape index (κ2) is 5.35. The molecule has 1 amide bonds. The summed E-state index contributed by atoms with van der Waals surface area (Å²) >= 11 is 0. The van der Waals surface area contributed by atoms with Crippen LogP contribution in [0.15, 0.2) is 18.2 Å². The summed E-state index contributed by atoms with van der Waals surface area (Å²) in [7, 11) is 0. The first-order valence-corrected chi connectivity index (χ1v) is 6.02. The number of nitrogens with one attached hydrogen (secondary N) is 1. The molecule has 1 aliphatic rings. The van der Waals surface area contributed by atoms with Crippen LogP contribution in [-0.4, -0.2) is 25.2 Å². The van der Waals surface area contributed by atoms with Gasteiger partial charge in [-0.2, -0.15) is 0 Å². The quantitative estimate of drug-likeness (QED) is 0.802. The molecule has 1 aromatic carbocycles. The summed E-state index contributed by atoms with van der Waals surface area (Å²) in [5.41, 5.74) is 5.79. The van der Waals surface area contributed by atoms with Crippen molar-refractivity contribution in [2.24, 2.45) is 5.92 Å². The molecule has 1 heterocycles. The molecule has 0 bridgehead atoms. The Balaban J connectivity index is 1.93. The number of anilines is 1. The minimum Gasteiger partial charge on any atom is -0.396 e. The van der Waals surface area contributed by atoms with Crippen LogP contribution in [0.5, 0.6) is 0 Å². The van der Waals surface area contributed by atoms with E-state index in [-0.39, 0.29) is 17.7 Å². The maximum Gasteiger partial charge on any atom is 0.251 e. The van der Waals surface area contributed by atoms with E-state index >= 15 is 0 Å². The van der Waals surface area contributed by atoms with Gasteiger partial charge >= 0.3 is 0 Å². The molecule has 0 aliphatic carbocycles. The molecule has 2 unspecified atom stereocenters. The molecule has 1 aliphatic heterocycles. The Morgan fingerprint density at radius 1 is 1.61 bits per heavy atom. The maximum absolute atomic E-state index is 13.0. The Morgan fingerprint density at radius 3 is 3.00 bits per heavy atom. The highest BCUT2D eigenvalue weighted by Gasteiger charge is 2.24. The van der Waals surface area contributed by atoms with Crippen LogP contribution < -0.4 is 11.1 Å². The third-order valence-electron chi connectivity index (χ3n) is 3.32. The number of nitrogens with two attached hydrogens (primary N) is 1. The topological polar surface area (TPSA) is 64.3 Å². The monoisotopic (exact) mass is 252 g/mol. The largest absolute Gasteiger partial charge is 0.396 e. The fourth-order valence-electron chi connectivity index (χ4n) is 2.05. The zero-order valence-corrected chi connectivity index (χ0v) is 10.3. The maximum atomic E-state index is 13.0. The summed E-state index contributed by atoms with van der Waals surface area (Å²) < 4.78 is 18.4. The molecule has 0 saturated carbocycles. The lowest BCUT2D eigenvalue weighted by Gasteiger charge is -2.14. The molecule has 1 saturated heterocycles. The van der Waals surface area contributed by atoms with Crippen LogP contribution in [0.1, 0.15) is 23.7 Å². The lowest BCUT2D eigenvalue weighted by atomic mass is 10.0. The number of nitrogen functional groups attached to an aromatic ring is 1. The number of benzene rings is 1. The summed E-state index contributed by atoms with van der Waals surface area (Å²) in [5.74, 6) is -0.406. The normalized spacial score (nSPS) is 23.0. The predicted octanol–water partition coefficient (Wildman–Crippen LogP) is 1.56. The van der Waals surface area contributed by atoms with Gasteiger partial charge in [0.2, 0.25) is 0 Å². The second-order valence-corrected chi connectivity index (χ2v) is 4.57. The van der Waals surface area contributed by atoms with E-state index in [1.165, 1.54) is 18.2 Å². The van der Waals surface area contributed by atoms with Gasteiger partial charge in [0.15, 0.2) is 0 Å². The van der Waals surface area contributed by atoms with Gasteiger partial charge in [0.05, 0.1) is 11.8 Å². The zero-order valence-electron chi connectivity index (χ0n) is 10.3. The van der Waals surface area contributed by atoms with Crippen LogP contribution >= 0.6 is 0 Å². The van der Waals surface area contributed by atoms with Gasteiger partial charge in [0.1, 0.15) is 5.82 Å². The Hall–Kier alpha value is -1.62. The van der Waals surface area contributed by atoms with E-state index < -0.39 is 5.82 Å². The van der Waals surface area contributed by atoms with Crippen LogP contribution in [0.3, 0.4) is 0 Å². The van der Waals surface area contributed by atoms with Crippen molar-refractivity contribution in [3.63, 3.8) is 0 Å². The van der Waals surface area contributed by atoms with Crippen molar-refractivity contribution in [1.29, 1.82) is 0 Å². The van der Waals surface area contributed by atoms with Crippen molar-refractivity contribution in [2.45, 2.75) is 19.4 Å². The minimum atomic E-state index is -0.510. The van der Waals surface area contributed by atoms with Crippen molar-refractivity contribution in [1.82, 2.24) is 5.32 Å². The molecule has 2 rings (SSSR count). The fraction of sp³-hybridized carbons (Fsp3) is 0.462. The van der Waals surface area contributed by atoms with Crippen molar-refractivity contribution >= 4 is 11.6 Å². The minimum absolute atomic E-state index is 0.0137. The SMILES string of the molecule is CC1OCCC1CNC(=O)c1ccc(F)c(N)c1. The molecule has 0 aromatic heterocycles. The Labute approximate surface area is 105 Å². The van der Waals surface area contributed by atoms with E-state index in [9.17, 15) is 9.18 Å². The van der Waals surface area contributed by atoms with Gasteiger partial charge in [0.25, 0.3) is 5.91 Å². The molecule has 0 spiro atoms. The number of amides is 1. The molecule has 18 heavy (non-hydrogen) atoms. The van der Waals surface area contributed by atoms with Gasteiger partial charge in [-0.1, -0.05) is 0 Å². The number of halogens is 1. The van der Waals surface area contributed by atoms with Crippen LogP contribution in [0.2, 0.25) is 0 Å². The van der Waals surface area contributed by atoms with E-state index in [0.717, 1.165) is 13.0 Å². The average molecular weight is 252 g/mol.